The fourth-order valence-corrected chi connectivity index (χ4v) is 4.57. The summed E-state index contributed by atoms with van der Waals surface area (Å²) in [5, 5.41) is 0. The van der Waals surface area contributed by atoms with E-state index in [-0.39, 0.29) is 0 Å². The molecule has 0 unspecified atom stereocenters. The normalized spacial score (nSPS) is 19.0. The Morgan fingerprint density at radius 3 is 2.46 bits per heavy atom. The number of amidine groups is 1. The number of anilines is 1. The number of aryl methyl sites for hydroxylation is 1. The Hall–Kier alpha value is -2.48. The molecule has 1 aromatic heterocycles. The van der Waals surface area contributed by atoms with Crippen molar-refractivity contribution < 1.29 is 8.42 Å². The van der Waals surface area contributed by atoms with E-state index in [0.29, 0.717) is 22.8 Å². The number of fused-ring (bicyclic) bond motifs is 1. The zero-order valence-electron chi connectivity index (χ0n) is 14.7. The number of hydrogen-bond acceptors (Lipinski definition) is 6. The molecule has 2 aliphatic heterocycles. The van der Waals surface area contributed by atoms with Gasteiger partial charge in [0.25, 0.3) is 10.0 Å². The van der Waals surface area contributed by atoms with Gasteiger partial charge in [0.2, 0.25) is 5.95 Å². The maximum Gasteiger partial charge on any atom is 0.285 e. The molecule has 0 bridgehead atoms. The molecule has 3 heterocycles. The number of aromatic nitrogens is 2. The number of rotatable bonds is 2. The van der Waals surface area contributed by atoms with Gasteiger partial charge in [0, 0.05) is 44.1 Å². The highest BCUT2D eigenvalue weighted by Gasteiger charge is 2.32. The first-order valence-corrected chi connectivity index (χ1v) is 10.3. The van der Waals surface area contributed by atoms with Crippen molar-refractivity contribution in [2.45, 2.75) is 24.7 Å². The van der Waals surface area contributed by atoms with Crippen LogP contribution in [-0.4, -0.2) is 55.3 Å². The lowest BCUT2D eigenvalue weighted by Crippen LogP contribution is -2.35. The van der Waals surface area contributed by atoms with Crippen molar-refractivity contribution in [2.24, 2.45) is 4.40 Å². The van der Waals surface area contributed by atoms with E-state index in [2.05, 4.69) is 31.1 Å². The Bertz CT molecular complexity index is 940. The Labute approximate surface area is 153 Å². The highest BCUT2D eigenvalue weighted by molar-refractivity contribution is 7.90. The quantitative estimate of drug-likeness (QED) is 0.800. The van der Waals surface area contributed by atoms with Crippen LogP contribution in [-0.2, 0) is 16.4 Å². The van der Waals surface area contributed by atoms with Crippen LogP contribution in [0.3, 0.4) is 0 Å². The van der Waals surface area contributed by atoms with Gasteiger partial charge in [0.1, 0.15) is 4.90 Å². The van der Waals surface area contributed by atoms with Crippen molar-refractivity contribution in [3.63, 3.8) is 0 Å². The highest BCUT2D eigenvalue weighted by Crippen LogP contribution is 2.28. The van der Waals surface area contributed by atoms with Gasteiger partial charge in [0.05, 0.1) is 0 Å². The minimum Gasteiger partial charge on any atom is -0.354 e. The molecular formula is C18H21N5O2S. The van der Waals surface area contributed by atoms with Crippen LogP contribution in [0.5, 0.6) is 0 Å². The van der Waals surface area contributed by atoms with Crippen molar-refractivity contribution in [3.8, 4) is 0 Å². The first-order valence-electron chi connectivity index (χ1n) is 8.83. The Balaban J connectivity index is 1.54. The topological polar surface area (TPSA) is 78.8 Å². The van der Waals surface area contributed by atoms with E-state index >= 15 is 0 Å². The summed E-state index contributed by atoms with van der Waals surface area (Å²) in [6.07, 6.45) is 5.55. The third-order valence-electron chi connectivity index (χ3n) is 4.79. The fraction of sp³-hybridized carbons (Fsp3) is 0.389. The fourth-order valence-electron chi connectivity index (χ4n) is 3.34. The lowest BCUT2D eigenvalue weighted by Gasteiger charge is -2.23. The molecular weight excluding hydrogens is 350 g/mol. The molecule has 8 heteroatoms. The maximum absolute atomic E-state index is 12.3. The lowest BCUT2D eigenvalue weighted by molar-refractivity contribution is 0.449. The van der Waals surface area contributed by atoms with Crippen LogP contribution in [0, 0.1) is 0 Å². The average molecular weight is 371 g/mol. The highest BCUT2D eigenvalue weighted by atomic mass is 32.2. The molecule has 26 heavy (non-hydrogen) atoms. The van der Waals surface area contributed by atoms with Crippen LogP contribution >= 0.6 is 0 Å². The van der Waals surface area contributed by atoms with Gasteiger partial charge >= 0.3 is 0 Å². The van der Waals surface area contributed by atoms with Gasteiger partial charge in [-0.2, -0.15) is 8.42 Å². The molecule has 136 valence electrons. The van der Waals surface area contributed by atoms with Crippen molar-refractivity contribution in [2.75, 3.05) is 31.1 Å². The first-order chi connectivity index (χ1) is 12.6. The summed E-state index contributed by atoms with van der Waals surface area (Å²) in [5.41, 5.74) is 1.82. The predicted molar refractivity (Wildman–Crippen MR) is 100.0 cm³/mol. The summed E-state index contributed by atoms with van der Waals surface area (Å²) in [5.74, 6) is 1.29. The number of sulfonamides is 1. The molecule has 0 atom stereocenters. The summed E-state index contributed by atoms with van der Waals surface area (Å²) < 4.78 is 28.6. The zero-order valence-corrected chi connectivity index (χ0v) is 15.5. The van der Waals surface area contributed by atoms with Crippen LogP contribution in [0.15, 0.2) is 46.0 Å². The van der Waals surface area contributed by atoms with Crippen molar-refractivity contribution in [1.82, 2.24) is 14.9 Å². The van der Waals surface area contributed by atoms with Crippen LogP contribution in [0.2, 0.25) is 0 Å². The van der Waals surface area contributed by atoms with E-state index in [9.17, 15) is 8.42 Å². The second-order valence-electron chi connectivity index (χ2n) is 6.46. The summed E-state index contributed by atoms with van der Waals surface area (Å²) in [6.45, 7) is 5.08. The largest absolute Gasteiger partial charge is 0.354 e. The van der Waals surface area contributed by atoms with Crippen LogP contribution in [0.25, 0.3) is 0 Å². The Kier molecular flexibility index (Phi) is 4.36. The molecule has 0 amide bonds. The van der Waals surface area contributed by atoms with Gasteiger partial charge < -0.3 is 9.80 Å². The van der Waals surface area contributed by atoms with Crippen molar-refractivity contribution >= 4 is 21.8 Å². The number of hydrogen-bond donors (Lipinski definition) is 0. The van der Waals surface area contributed by atoms with E-state index in [0.717, 1.165) is 44.0 Å². The number of benzene rings is 1. The van der Waals surface area contributed by atoms with Crippen molar-refractivity contribution in [1.29, 1.82) is 0 Å². The van der Waals surface area contributed by atoms with E-state index in [1.165, 1.54) is 0 Å². The molecule has 0 radical (unpaired) electrons. The second-order valence-corrected chi connectivity index (χ2v) is 8.03. The monoisotopic (exact) mass is 371 g/mol. The van der Waals surface area contributed by atoms with Gasteiger partial charge in [-0.15, -0.1) is 4.40 Å². The second kappa shape index (κ2) is 6.68. The zero-order chi connectivity index (χ0) is 18.1. The summed E-state index contributed by atoms with van der Waals surface area (Å²) in [7, 11) is -3.58. The Morgan fingerprint density at radius 1 is 1.00 bits per heavy atom. The molecule has 2 aliphatic rings. The third kappa shape index (κ3) is 3.05. The Morgan fingerprint density at radius 2 is 1.69 bits per heavy atom. The van der Waals surface area contributed by atoms with E-state index in [1.807, 2.05) is 24.5 Å². The van der Waals surface area contributed by atoms with E-state index in [4.69, 9.17) is 0 Å². The molecule has 1 fully saturated rings. The minimum absolute atomic E-state index is 0.301. The SMILES string of the molecule is CCc1cnc(N2CCCN(C3=NS(=O)(=O)c4ccccc43)CC2)nc1. The lowest BCUT2D eigenvalue weighted by atomic mass is 10.2. The van der Waals surface area contributed by atoms with Gasteiger partial charge in [0.15, 0.2) is 5.84 Å². The smallest absolute Gasteiger partial charge is 0.285 e. The molecule has 2 aromatic rings. The van der Waals surface area contributed by atoms with Crippen molar-refractivity contribution in [3.05, 3.63) is 47.8 Å². The molecule has 4 rings (SSSR count). The van der Waals surface area contributed by atoms with Gasteiger partial charge in [-0.05, 0) is 30.5 Å². The third-order valence-corrected chi connectivity index (χ3v) is 6.12. The first kappa shape index (κ1) is 17.0. The van der Waals surface area contributed by atoms with E-state index < -0.39 is 10.0 Å². The molecule has 7 nitrogen and oxygen atoms in total. The van der Waals surface area contributed by atoms with Crippen LogP contribution in [0.1, 0.15) is 24.5 Å². The maximum atomic E-state index is 12.3. The minimum atomic E-state index is -3.58. The summed E-state index contributed by atoms with van der Waals surface area (Å²) in [6, 6.07) is 7.03. The van der Waals surface area contributed by atoms with Crippen LogP contribution in [0.4, 0.5) is 5.95 Å². The summed E-state index contributed by atoms with van der Waals surface area (Å²) in [4.78, 5) is 13.4. The van der Waals surface area contributed by atoms with Crippen LogP contribution < -0.4 is 4.90 Å². The molecule has 0 N–H and O–H groups in total. The molecule has 1 saturated heterocycles. The molecule has 0 aliphatic carbocycles. The molecule has 0 spiro atoms. The average Bonchev–Trinajstić information content (AvgIpc) is 2.81. The molecule has 0 saturated carbocycles. The predicted octanol–water partition coefficient (Wildman–Crippen LogP) is 1.70. The molecule has 1 aromatic carbocycles. The summed E-state index contributed by atoms with van der Waals surface area (Å²) >= 11 is 0. The number of nitrogens with zero attached hydrogens (tertiary/aromatic N) is 5. The van der Waals surface area contributed by atoms with Gasteiger partial charge in [-0.3, -0.25) is 0 Å². The van der Waals surface area contributed by atoms with E-state index in [1.54, 1.807) is 12.1 Å². The van der Waals surface area contributed by atoms with Gasteiger partial charge in [-0.1, -0.05) is 19.1 Å². The van der Waals surface area contributed by atoms with Gasteiger partial charge in [-0.25, -0.2) is 9.97 Å². The standard InChI is InChI=1S/C18H21N5O2S/c1-2-14-12-19-18(20-13-14)23-9-5-8-22(10-11-23)17-15-6-3-4-7-16(15)26(24,25)21-17/h3-4,6-7,12-13H,2,5,8-11H2,1H3.